The van der Waals surface area contributed by atoms with Gasteiger partial charge >= 0.3 is 0 Å². The van der Waals surface area contributed by atoms with E-state index in [1.54, 1.807) is 18.2 Å². The van der Waals surface area contributed by atoms with Crippen LogP contribution < -0.4 is 10.1 Å². The van der Waals surface area contributed by atoms with Gasteiger partial charge in [0.05, 0.1) is 0 Å². The van der Waals surface area contributed by atoms with Crippen molar-refractivity contribution in [3.63, 3.8) is 0 Å². The zero-order valence-corrected chi connectivity index (χ0v) is 14.6. The van der Waals surface area contributed by atoms with Crippen LogP contribution in [0.5, 0.6) is 5.75 Å². The minimum atomic E-state index is -0.157. The first-order chi connectivity index (χ1) is 13.3. The van der Waals surface area contributed by atoms with E-state index in [4.69, 9.17) is 4.74 Å². The number of amides is 1. The largest absolute Gasteiger partial charge is 0.489 e. The van der Waals surface area contributed by atoms with Crippen LogP contribution >= 0.6 is 0 Å². The second kappa shape index (κ2) is 7.70. The summed E-state index contributed by atoms with van der Waals surface area (Å²) < 4.78 is 5.83. The second-order valence-electron chi connectivity index (χ2n) is 6.13. The predicted octanol–water partition coefficient (Wildman–Crippen LogP) is 3.47. The molecule has 6 nitrogen and oxygen atoms in total. The minimum absolute atomic E-state index is 0.157. The number of benzene rings is 3. The Kier molecular flexibility index (Phi) is 4.78. The van der Waals surface area contributed by atoms with Crippen molar-refractivity contribution in [1.29, 1.82) is 0 Å². The highest BCUT2D eigenvalue weighted by molar-refractivity contribution is 5.97. The molecule has 4 rings (SSSR count). The van der Waals surface area contributed by atoms with Crippen molar-refractivity contribution in [1.82, 2.24) is 20.7 Å². The molecule has 1 aromatic heterocycles. The van der Waals surface area contributed by atoms with Crippen molar-refractivity contribution in [2.45, 2.75) is 13.2 Å². The first kappa shape index (κ1) is 16.8. The van der Waals surface area contributed by atoms with Crippen molar-refractivity contribution < 1.29 is 9.53 Å². The number of fused-ring (bicyclic) bond motifs is 1. The van der Waals surface area contributed by atoms with Gasteiger partial charge in [-0.05, 0) is 41.5 Å². The Morgan fingerprint density at radius 1 is 0.889 bits per heavy atom. The maximum atomic E-state index is 12.4. The Morgan fingerprint density at radius 3 is 2.59 bits per heavy atom. The molecule has 0 fully saturated rings. The maximum absolute atomic E-state index is 12.4. The lowest BCUT2D eigenvalue weighted by Gasteiger charge is -2.09. The van der Waals surface area contributed by atoms with Crippen molar-refractivity contribution >= 4 is 16.9 Å². The maximum Gasteiger partial charge on any atom is 0.251 e. The molecule has 1 amide bonds. The van der Waals surface area contributed by atoms with Gasteiger partial charge in [-0.25, -0.2) is 0 Å². The molecule has 0 spiro atoms. The Balaban J connectivity index is 1.37. The molecule has 2 N–H and O–H groups in total. The zero-order chi connectivity index (χ0) is 18.5. The first-order valence-corrected chi connectivity index (χ1v) is 8.62. The van der Waals surface area contributed by atoms with Crippen LogP contribution in [0.1, 0.15) is 21.5 Å². The molecule has 134 valence electrons. The SMILES string of the molecule is O=C(NCc1cccc(OCc2ccccc2)c1)c1ccc2n[nH]nc2c1. The van der Waals surface area contributed by atoms with Crippen molar-refractivity contribution in [2.75, 3.05) is 0 Å². The number of H-pyrrole nitrogens is 1. The van der Waals surface area contributed by atoms with Gasteiger partial charge in [0.15, 0.2) is 0 Å². The minimum Gasteiger partial charge on any atom is -0.489 e. The number of hydrogen-bond acceptors (Lipinski definition) is 4. The summed E-state index contributed by atoms with van der Waals surface area (Å²) in [7, 11) is 0. The summed E-state index contributed by atoms with van der Waals surface area (Å²) in [4.78, 5) is 12.4. The summed E-state index contributed by atoms with van der Waals surface area (Å²) >= 11 is 0. The standard InChI is InChI=1S/C21H18N4O2/c26-21(17-9-10-19-20(12-17)24-25-23-19)22-13-16-7-4-8-18(11-16)27-14-15-5-2-1-3-6-15/h1-12H,13-14H2,(H,22,26)(H,23,24,25). The summed E-state index contributed by atoms with van der Waals surface area (Å²) in [6.45, 7) is 0.923. The smallest absolute Gasteiger partial charge is 0.251 e. The van der Waals surface area contributed by atoms with Gasteiger partial charge in [-0.2, -0.15) is 15.4 Å². The van der Waals surface area contributed by atoms with Crippen LogP contribution in [0, 0.1) is 0 Å². The number of rotatable bonds is 6. The highest BCUT2D eigenvalue weighted by atomic mass is 16.5. The van der Waals surface area contributed by atoms with Gasteiger partial charge in [-0.1, -0.05) is 42.5 Å². The number of carbonyl (C=O) groups is 1. The van der Waals surface area contributed by atoms with Crippen molar-refractivity contribution in [3.8, 4) is 5.75 Å². The lowest BCUT2D eigenvalue weighted by Crippen LogP contribution is -2.22. The number of nitrogens with one attached hydrogen (secondary N) is 2. The van der Waals surface area contributed by atoms with E-state index in [1.165, 1.54) is 0 Å². The van der Waals surface area contributed by atoms with Crippen LogP contribution in [0.15, 0.2) is 72.8 Å². The molecule has 0 unspecified atom stereocenters. The Labute approximate surface area is 156 Å². The Morgan fingerprint density at radius 2 is 1.70 bits per heavy atom. The van der Waals surface area contributed by atoms with Crippen LogP contribution in [0.4, 0.5) is 0 Å². The van der Waals surface area contributed by atoms with E-state index >= 15 is 0 Å². The summed E-state index contributed by atoms with van der Waals surface area (Å²) in [6, 6.07) is 22.9. The van der Waals surface area contributed by atoms with Crippen LogP contribution in [-0.2, 0) is 13.2 Å². The monoisotopic (exact) mass is 358 g/mol. The lowest BCUT2D eigenvalue weighted by molar-refractivity contribution is 0.0951. The number of aromatic amines is 1. The Bertz CT molecular complexity index is 1060. The second-order valence-corrected chi connectivity index (χ2v) is 6.13. The first-order valence-electron chi connectivity index (χ1n) is 8.62. The number of nitrogens with zero attached hydrogens (tertiary/aromatic N) is 2. The molecule has 27 heavy (non-hydrogen) atoms. The van der Waals surface area contributed by atoms with E-state index < -0.39 is 0 Å². The van der Waals surface area contributed by atoms with Gasteiger partial charge in [0, 0.05) is 12.1 Å². The van der Waals surface area contributed by atoms with E-state index in [0.717, 1.165) is 22.4 Å². The fraction of sp³-hybridized carbons (Fsp3) is 0.0952. The van der Waals surface area contributed by atoms with Crippen LogP contribution in [0.25, 0.3) is 11.0 Å². The fourth-order valence-corrected chi connectivity index (χ4v) is 2.75. The molecule has 0 saturated heterocycles. The number of hydrogen-bond donors (Lipinski definition) is 2. The van der Waals surface area contributed by atoms with Crippen LogP contribution in [0.2, 0.25) is 0 Å². The molecule has 0 bridgehead atoms. The average molecular weight is 358 g/mol. The summed E-state index contributed by atoms with van der Waals surface area (Å²) in [5.41, 5.74) is 4.03. The van der Waals surface area contributed by atoms with E-state index in [9.17, 15) is 4.79 Å². The molecule has 6 heteroatoms. The number of aromatic nitrogens is 3. The summed E-state index contributed by atoms with van der Waals surface area (Å²) in [5.74, 6) is 0.616. The third kappa shape index (κ3) is 4.12. The van der Waals surface area contributed by atoms with Gasteiger partial charge in [-0.15, -0.1) is 0 Å². The highest BCUT2D eigenvalue weighted by Gasteiger charge is 2.08. The van der Waals surface area contributed by atoms with E-state index in [2.05, 4.69) is 20.7 Å². The highest BCUT2D eigenvalue weighted by Crippen LogP contribution is 2.16. The topological polar surface area (TPSA) is 79.9 Å². The molecule has 1 heterocycles. The number of carbonyl (C=O) groups excluding carboxylic acids is 1. The normalized spacial score (nSPS) is 10.7. The van der Waals surface area contributed by atoms with Crippen LogP contribution in [-0.4, -0.2) is 21.3 Å². The molecule has 0 atom stereocenters. The van der Waals surface area contributed by atoms with E-state index in [0.29, 0.717) is 24.2 Å². The summed E-state index contributed by atoms with van der Waals surface area (Å²) in [6.07, 6.45) is 0. The van der Waals surface area contributed by atoms with Crippen molar-refractivity contribution in [3.05, 3.63) is 89.5 Å². The third-order valence-corrected chi connectivity index (χ3v) is 4.18. The Hall–Kier alpha value is -3.67. The lowest BCUT2D eigenvalue weighted by atomic mass is 10.1. The quantitative estimate of drug-likeness (QED) is 0.553. The average Bonchev–Trinajstić information content (AvgIpc) is 3.19. The van der Waals surface area contributed by atoms with E-state index in [1.807, 2.05) is 54.6 Å². The van der Waals surface area contributed by atoms with Gasteiger partial charge in [0.1, 0.15) is 23.4 Å². The summed E-state index contributed by atoms with van der Waals surface area (Å²) in [5, 5.41) is 13.5. The molecule has 0 saturated carbocycles. The van der Waals surface area contributed by atoms with Crippen molar-refractivity contribution in [2.24, 2.45) is 0 Å². The van der Waals surface area contributed by atoms with Gasteiger partial charge < -0.3 is 10.1 Å². The van der Waals surface area contributed by atoms with Gasteiger partial charge in [0.25, 0.3) is 5.91 Å². The molecule has 0 radical (unpaired) electrons. The van der Waals surface area contributed by atoms with Gasteiger partial charge in [-0.3, -0.25) is 4.79 Å². The fourth-order valence-electron chi connectivity index (χ4n) is 2.75. The molecule has 3 aromatic carbocycles. The number of ether oxygens (including phenoxy) is 1. The molecule has 0 aliphatic rings. The predicted molar refractivity (Wildman–Crippen MR) is 102 cm³/mol. The van der Waals surface area contributed by atoms with Crippen LogP contribution in [0.3, 0.4) is 0 Å². The molecular weight excluding hydrogens is 340 g/mol. The molecule has 4 aromatic rings. The molecular formula is C21H18N4O2. The zero-order valence-electron chi connectivity index (χ0n) is 14.6. The molecule has 0 aliphatic heterocycles. The van der Waals surface area contributed by atoms with E-state index in [-0.39, 0.29) is 5.91 Å². The molecule has 0 aliphatic carbocycles. The van der Waals surface area contributed by atoms with Gasteiger partial charge in [0.2, 0.25) is 0 Å². The third-order valence-electron chi connectivity index (χ3n) is 4.18.